The van der Waals surface area contributed by atoms with Crippen molar-refractivity contribution in [1.29, 1.82) is 0 Å². The van der Waals surface area contributed by atoms with Gasteiger partial charge in [-0.05, 0) is 18.2 Å². The monoisotopic (exact) mass is 203 g/mol. The van der Waals surface area contributed by atoms with E-state index in [0.29, 0.717) is 16.6 Å². The van der Waals surface area contributed by atoms with E-state index in [1.165, 1.54) is 6.07 Å². The number of carboxylic acids is 1. The van der Waals surface area contributed by atoms with Gasteiger partial charge in [0.2, 0.25) is 0 Å². The number of nitrogens with one attached hydrogen (secondary N) is 1. The van der Waals surface area contributed by atoms with Crippen LogP contribution in [0.1, 0.15) is 10.5 Å². The van der Waals surface area contributed by atoms with Crippen molar-refractivity contribution in [2.75, 3.05) is 5.73 Å². The predicted octanol–water partition coefficient (Wildman–Crippen LogP) is -0.526. The molecule has 0 spiro atoms. The minimum absolute atomic E-state index is 0.252. The van der Waals surface area contributed by atoms with Gasteiger partial charge in [-0.25, -0.2) is 0 Å². The molecule has 5 nitrogen and oxygen atoms in total. The maximum atomic E-state index is 11.5. The molecule has 1 heterocycles. The first-order chi connectivity index (χ1) is 7.08. The Morgan fingerprint density at radius 3 is 2.73 bits per heavy atom. The Morgan fingerprint density at radius 1 is 1.33 bits per heavy atom. The predicted molar refractivity (Wildman–Crippen MR) is 53.3 cm³/mol. The molecule has 0 saturated heterocycles. The third-order valence-corrected chi connectivity index (χ3v) is 2.07. The van der Waals surface area contributed by atoms with Crippen molar-refractivity contribution >= 4 is 22.6 Å². The molecule has 1 aromatic heterocycles. The number of aromatic carboxylic acids is 1. The Morgan fingerprint density at radius 2 is 2.07 bits per heavy atom. The summed E-state index contributed by atoms with van der Waals surface area (Å²) in [6, 6.07) is 5.62. The molecule has 0 aliphatic heterocycles. The topological polar surface area (TPSA) is 99.0 Å². The number of nitrogens with two attached hydrogens (primary N) is 1. The fourth-order valence-electron chi connectivity index (χ4n) is 1.38. The van der Waals surface area contributed by atoms with Crippen LogP contribution in [-0.4, -0.2) is 11.0 Å². The average molecular weight is 203 g/mol. The van der Waals surface area contributed by atoms with Gasteiger partial charge in [0.25, 0.3) is 0 Å². The summed E-state index contributed by atoms with van der Waals surface area (Å²) in [5, 5.41) is 11.0. The number of hydrogen-bond acceptors (Lipinski definition) is 4. The zero-order chi connectivity index (χ0) is 11.0. The van der Waals surface area contributed by atoms with Gasteiger partial charge in [0.05, 0.1) is 17.2 Å². The summed E-state index contributed by atoms with van der Waals surface area (Å²) in [5.41, 5.74) is 5.73. The van der Waals surface area contributed by atoms with Crippen molar-refractivity contribution in [1.82, 2.24) is 4.98 Å². The molecule has 0 fully saturated rings. The van der Waals surface area contributed by atoms with Crippen LogP contribution in [0, 0.1) is 0 Å². The molecule has 2 rings (SSSR count). The number of anilines is 1. The number of hydrogen-bond donors (Lipinski definition) is 2. The number of pyridine rings is 1. The minimum Gasteiger partial charge on any atom is -0.543 e. The second kappa shape index (κ2) is 3.13. The highest BCUT2D eigenvalue weighted by molar-refractivity contribution is 5.89. The number of aromatic amines is 1. The molecule has 0 bridgehead atoms. The first-order valence-electron chi connectivity index (χ1n) is 4.22. The van der Waals surface area contributed by atoms with E-state index < -0.39 is 5.97 Å². The van der Waals surface area contributed by atoms with Gasteiger partial charge in [0.1, 0.15) is 0 Å². The Bertz CT molecular complexity index is 601. The van der Waals surface area contributed by atoms with Crippen molar-refractivity contribution < 1.29 is 9.90 Å². The average Bonchev–Trinajstić information content (AvgIpc) is 2.16. The van der Waals surface area contributed by atoms with Crippen LogP contribution in [0.15, 0.2) is 29.1 Å². The Balaban J connectivity index is 2.85. The Labute approximate surface area is 84.2 Å². The molecule has 0 aliphatic carbocycles. The first kappa shape index (κ1) is 9.26. The fourth-order valence-corrected chi connectivity index (χ4v) is 1.38. The van der Waals surface area contributed by atoms with Crippen molar-refractivity contribution in [3.63, 3.8) is 0 Å². The van der Waals surface area contributed by atoms with E-state index in [0.717, 1.165) is 6.07 Å². The van der Waals surface area contributed by atoms with Crippen LogP contribution in [0.4, 0.5) is 5.69 Å². The zero-order valence-corrected chi connectivity index (χ0v) is 7.61. The largest absolute Gasteiger partial charge is 0.543 e. The lowest BCUT2D eigenvalue weighted by molar-refractivity contribution is -0.255. The normalized spacial score (nSPS) is 10.4. The van der Waals surface area contributed by atoms with Gasteiger partial charge in [0, 0.05) is 17.1 Å². The van der Waals surface area contributed by atoms with Crippen molar-refractivity contribution in [3.8, 4) is 0 Å². The molecule has 5 heteroatoms. The number of fused-ring (bicyclic) bond motifs is 1. The molecule has 2 aromatic rings. The number of carbonyl (C=O) groups is 1. The molecule has 0 unspecified atom stereocenters. The summed E-state index contributed by atoms with van der Waals surface area (Å²) < 4.78 is 0. The standard InChI is InChI=1S/C10H8N2O3/c11-5-1-2-6-7(3-5)12-8(10(14)15)4-9(6)13/h1-4H,11H2,(H,12,13)(H,14,15)/p-1. The molecule has 1 aromatic carbocycles. The van der Waals surface area contributed by atoms with Crippen molar-refractivity contribution in [2.45, 2.75) is 0 Å². The minimum atomic E-state index is -1.42. The molecule has 0 atom stereocenters. The van der Waals surface area contributed by atoms with E-state index in [1.54, 1.807) is 12.1 Å². The lowest BCUT2D eigenvalue weighted by Gasteiger charge is -2.05. The molecule has 0 amide bonds. The summed E-state index contributed by atoms with van der Waals surface area (Å²) in [6.07, 6.45) is 0. The molecule has 0 radical (unpaired) electrons. The summed E-state index contributed by atoms with van der Waals surface area (Å²) in [6.45, 7) is 0. The Kier molecular flexibility index (Phi) is 1.93. The summed E-state index contributed by atoms with van der Waals surface area (Å²) in [5.74, 6) is -1.42. The second-order valence-electron chi connectivity index (χ2n) is 3.14. The Hall–Kier alpha value is -2.30. The van der Waals surface area contributed by atoms with Gasteiger partial charge >= 0.3 is 0 Å². The van der Waals surface area contributed by atoms with Gasteiger partial charge in [-0.1, -0.05) is 0 Å². The third kappa shape index (κ3) is 1.54. The van der Waals surface area contributed by atoms with E-state index >= 15 is 0 Å². The lowest BCUT2D eigenvalue weighted by Crippen LogP contribution is -2.25. The van der Waals surface area contributed by atoms with Gasteiger partial charge in [-0.2, -0.15) is 0 Å². The maximum Gasteiger partial charge on any atom is 0.190 e. The number of rotatable bonds is 1. The third-order valence-electron chi connectivity index (χ3n) is 2.07. The molecule has 0 saturated carbocycles. The van der Waals surface area contributed by atoms with E-state index in [9.17, 15) is 14.7 Å². The van der Waals surface area contributed by atoms with Gasteiger partial charge in [0.15, 0.2) is 5.43 Å². The highest BCUT2D eigenvalue weighted by Gasteiger charge is 2.02. The second-order valence-corrected chi connectivity index (χ2v) is 3.14. The van der Waals surface area contributed by atoms with Crippen LogP contribution in [0.25, 0.3) is 10.9 Å². The molecule has 3 N–H and O–H groups in total. The summed E-state index contributed by atoms with van der Waals surface area (Å²) in [4.78, 5) is 24.6. The van der Waals surface area contributed by atoms with Crippen LogP contribution in [0.2, 0.25) is 0 Å². The summed E-state index contributed by atoms with van der Waals surface area (Å²) >= 11 is 0. The molecular formula is C10H7N2O3-. The zero-order valence-electron chi connectivity index (χ0n) is 7.61. The molecule has 76 valence electrons. The number of nitrogen functional groups attached to an aromatic ring is 1. The van der Waals surface area contributed by atoms with Crippen molar-refractivity contribution in [3.05, 3.63) is 40.2 Å². The highest BCUT2D eigenvalue weighted by Crippen LogP contribution is 2.12. The van der Waals surface area contributed by atoms with Crippen LogP contribution in [0.3, 0.4) is 0 Å². The van der Waals surface area contributed by atoms with Gasteiger partial charge in [-0.15, -0.1) is 0 Å². The summed E-state index contributed by atoms with van der Waals surface area (Å²) in [7, 11) is 0. The quantitative estimate of drug-likeness (QED) is 0.609. The molecule has 15 heavy (non-hydrogen) atoms. The van der Waals surface area contributed by atoms with E-state index in [1.807, 2.05) is 0 Å². The first-order valence-corrected chi connectivity index (χ1v) is 4.22. The van der Waals surface area contributed by atoms with Gasteiger partial charge < -0.3 is 20.6 Å². The van der Waals surface area contributed by atoms with E-state index in [-0.39, 0.29) is 11.1 Å². The van der Waals surface area contributed by atoms with Crippen LogP contribution in [0.5, 0.6) is 0 Å². The number of carbonyl (C=O) groups excluding carboxylic acids is 1. The molecular weight excluding hydrogens is 196 g/mol. The maximum absolute atomic E-state index is 11.5. The van der Waals surface area contributed by atoms with E-state index in [4.69, 9.17) is 5.73 Å². The van der Waals surface area contributed by atoms with Crippen LogP contribution >= 0.6 is 0 Å². The SMILES string of the molecule is Nc1ccc2c(=O)cc(C(=O)[O-])[nH]c2c1. The van der Waals surface area contributed by atoms with Gasteiger partial charge in [-0.3, -0.25) is 4.79 Å². The van der Waals surface area contributed by atoms with Crippen LogP contribution < -0.4 is 16.3 Å². The van der Waals surface area contributed by atoms with Crippen LogP contribution in [-0.2, 0) is 0 Å². The van der Waals surface area contributed by atoms with E-state index in [2.05, 4.69) is 4.98 Å². The smallest absolute Gasteiger partial charge is 0.190 e. The van der Waals surface area contributed by atoms with Crippen molar-refractivity contribution in [2.24, 2.45) is 0 Å². The number of benzene rings is 1. The number of carboxylic acid groups (broad SMARTS) is 1. The number of aromatic nitrogens is 1. The highest BCUT2D eigenvalue weighted by atomic mass is 16.4. The fraction of sp³-hybridized carbons (Fsp3) is 0. The lowest BCUT2D eigenvalue weighted by atomic mass is 10.2. The molecule has 0 aliphatic rings. The number of H-pyrrole nitrogens is 1.